The predicted octanol–water partition coefficient (Wildman–Crippen LogP) is 2.92. The van der Waals surface area contributed by atoms with Crippen molar-refractivity contribution in [3.63, 3.8) is 0 Å². The highest BCUT2D eigenvalue weighted by Crippen LogP contribution is 2.25. The summed E-state index contributed by atoms with van der Waals surface area (Å²) in [6, 6.07) is 0.368. The Hall–Kier alpha value is -0.390. The van der Waals surface area contributed by atoms with Gasteiger partial charge in [0.15, 0.2) is 0 Å². The van der Waals surface area contributed by atoms with Crippen LogP contribution in [-0.4, -0.2) is 35.6 Å². The molecule has 0 aromatic carbocycles. The van der Waals surface area contributed by atoms with Crippen molar-refractivity contribution in [1.29, 1.82) is 0 Å². The zero-order valence-electron chi connectivity index (χ0n) is 12.9. The molecule has 0 saturated carbocycles. The maximum atomic E-state index is 5.53. The molecule has 1 unspecified atom stereocenters. The van der Waals surface area contributed by atoms with Gasteiger partial charge in [0, 0.05) is 26.1 Å². The molecule has 1 N–H and O–H groups in total. The zero-order chi connectivity index (χ0) is 14.6. The van der Waals surface area contributed by atoms with Crippen LogP contribution < -0.4 is 5.32 Å². The lowest BCUT2D eigenvalue weighted by Crippen LogP contribution is -2.37. The number of hydrogen-bond acceptors (Lipinski definition) is 3. The molecular formula is C14H26BrN3O. The summed E-state index contributed by atoms with van der Waals surface area (Å²) in [5.74, 6) is 0. The van der Waals surface area contributed by atoms with E-state index in [-0.39, 0.29) is 5.60 Å². The number of aromatic nitrogens is 2. The molecule has 1 rings (SSSR count). The molecule has 0 amide bonds. The number of ether oxygens (including phenoxy) is 1. The number of rotatable bonds is 7. The van der Waals surface area contributed by atoms with Crippen LogP contribution in [-0.2, 0) is 17.7 Å². The molecule has 0 aliphatic heterocycles. The van der Waals surface area contributed by atoms with Crippen LogP contribution in [0.3, 0.4) is 0 Å². The van der Waals surface area contributed by atoms with Crippen LogP contribution >= 0.6 is 15.9 Å². The second-order valence-corrected chi connectivity index (χ2v) is 6.31. The van der Waals surface area contributed by atoms with E-state index in [2.05, 4.69) is 51.8 Å². The molecule has 1 atom stereocenters. The lowest BCUT2D eigenvalue weighted by molar-refractivity contribution is 0.00757. The Morgan fingerprint density at radius 2 is 2.11 bits per heavy atom. The summed E-state index contributed by atoms with van der Waals surface area (Å²) in [7, 11) is 3.77. The normalized spacial score (nSPS) is 13.8. The number of aryl methyl sites for hydroxylation is 2. The van der Waals surface area contributed by atoms with E-state index in [0.717, 1.165) is 29.6 Å². The van der Waals surface area contributed by atoms with Gasteiger partial charge < -0.3 is 10.1 Å². The van der Waals surface area contributed by atoms with Gasteiger partial charge in [0.25, 0.3) is 0 Å². The maximum absolute atomic E-state index is 5.53. The molecule has 110 valence electrons. The van der Waals surface area contributed by atoms with Crippen molar-refractivity contribution in [3.05, 3.63) is 15.9 Å². The summed E-state index contributed by atoms with van der Waals surface area (Å²) in [6.07, 6.45) is 1.90. The van der Waals surface area contributed by atoms with E-state index in [0.29, 0.717) is 6.04 Å². The first-order valence-corrected chi connectivity index (χ1v) is 7.58. The molecule has 4 nitrogen and oxygen atoms in total. The van der Waals surface area contributed by atoms with Crippen molar-refractivity contribution in [3.8, 4) is 0 Å². The Morgan fingerprint density at radius 1 is 1.47 bits per heavy atom. The van der Waals surface area contributed by atoms with E-state index in [4.69, 9.17) is 4.74 Å². The van der Waals surface area contributed by atoms with Gasteiger partial charge in [-0.05, 0) is 57.1 Å². The number of halogens is 1. The molecule has 0 aliphatic carbocycles. The van der Waals surface area contributed by atoms with Crippen molar-refractivity contribution >= 4 is 15.9 Å². The SMILES string of the molecule is CCn1nc(C)c(Br)c1CC(CC(C)(C)OC)NC. The summed E-state index contributed by atoms with van der Waals surface area (Å²) in [4.78, 5) is 0. The summed E-state index contributed by atoms with van der Waals surface area (Å²) < 4.78 is 8.73. The van der Waals surface area contributed by atoms with Crippen LogP contribution in [0.2, 0.25) is 0 Å². The number of nitrogens with zero attached hydrogens (tertiary/aromatic N) is 2. The molecular weight excluding hydrogens is 306 g/mol. The molecule has 0 fully saturated rings. The third kappa shape index (κ3) is 4.29. The second kappa shape index (κ2) is 6.86. The van der Waals surface area contributed by atoms with Crippen LogP contribution in [0.4, 0.5) is 0 Å². The Kier molecular flexibility index (Phi) is 6.02. The molecule has 0 radical (unpaired) electrons. The van der Waals surface area contributed by atoms with Crippen LogP contribution in [0.1, 0.15) is 38.6 Å². The van der Waals surface area contributed by atoms with Crippen LogP contribution in [0.5, 0.6) is 0 Å². The van der Waals surface area contributed by atoms with E-state index < -0.39 is 0 Å². The Bertz CT molecular complexity index is 415. The molecule has 0 saturated heterocycles. The molecule has 0 spiro atoms. The minimum absolute atomic E-state index is 0.119. The van der Waals surface area contributed by atoms with Crippen molar-refractivity contribution in [1.82, 2.24) is 15.1 Å². The number of hydrogen-bond donors (Lipinski definition) is 1. The third-order valence-electron chi connectivity index (χ3n) is 3.59. The smallest absolute Gasteiger partial charge is 0.0738 e. The summed E-state index contributed by atoms with van der Waals surface area (Å²) in [5, 5.41) is 7.93. The predicted molar refractivity (Wildman–Crippen MR) is 82.6 cm³/mol. The maximum Gasteiger partial charge on any atom is 0.0738 e. The Labute approximate surface area is 125 Å². The van der Waals surface area contributed by atoms with Gasteiger partial charge in [-0.3, -0.25) is 4.68 Å². The third-order valence-corrected chi connectivity index (χ3v) is 4.62. The van der Waals surface area contributed by atoms with Crippen molar-refractivity contribution in [2.75, 3.05) is 14.2 Å². The quantitative estimate of drug-likeness (QED) is 0.834. The highest BCUT2D eigenvalue weighted by molar-refractivity contribution is 9.10. The summed E-state index contributed by atoms with van der Waals surface area (Å²) >= 11 is 3.65. The first-order chi connectivity index (χ1) is 8.84. The first-order valence-electron chi connectivity index (χ1n) is 6.78. The second-order valence-electron chi connectivity index (χ2n) is 5.52. The fraction of sp³-hybridized carbons (Fsp3) is 0.786. The molecule has 5 heteroatoms. The monoisotopic (exact) mass is 331 g/mol. The van der Waals surface area contributed by atoms with E-state index in [1.807, 2.05) is 14.0 Å². The van der Waals surface area contributed by atoms with Crippen LogP contribution in [0, 0.1) is 6.92 Å². The molecule has 0 aliphatic rings. The standard InChI is InChI=1S/C14H26BrN3O/c1-7-18-12(13(15)10(2)17-18)8-11(16-5)9-14(3,4)19-6/h11,16H,7-9H2,1-6H3. The van der Waals surface area contributed by atoms with Crippen molar-refractivity contribution in [2.45, 2.75) is 58.7 Å². The van der Waals surface area contributed by atoms with Gasteiger partial charge in [-0.25, -0.2) is 0 Å². The summed E-state index contributed by atoms with van der Waals surface area (Å²) in [5.41, 5.74) is 2.19. The van der Waals surface area contributed by atoms with E-state index in [1.54, 1.807) is 7.11 Å². The van der Waals surface area contributed by atoms with Gasteiger partial charge in [0.05, 0.1) is 21.5 Å². The van der Waals surface area contributed by atoms with Crippen LogP contribution in [0.15, 0.2) is 4.47 Å². The van der Waals surface area contributed by atoms with Crippen molar-refractivity contribution < 1.29 is 4.74 Å². The van der Waals surface area contributed by atoms with Crippen LogP contribution in [0.25, 0.3) is 0 Å². The minimum Gasteiger partial charge on any atom is -0.379 e. The Morgan fingerprint density at radius 3 is 2.58 bits per heavy atom. The highest BCUT2D eigenvalue weighted by atomic mass is 79.9. The van der Waals surface area contributed by atoms with Gasteiger partial charge in [-0.15, -0.1) is 0 Å². The number of nitrogens with one attached hydrogen (secondary N) is 1. The number of methoxy groups -OCH3 is 1. The average molecular weight is 332 g/mol. The van der Waals surface area contributed by atoms with E-state index in [1.165, 1.54) is 5.69 Å². The number of likely N-dealkylation sites (N-methyl/N-ethyl adjacent to an activating group) is 1. The van der Waals surface area contributed by atoms with Gasteiger partial charge >= 0.3 is 0 Å². The molecule has 1 aromatic heterocycles. The first kappa shape index (κ1) is 16.7. The molecule has 1 aromatic rings. The zero-order valence-corrected chi connectivity index (χ0v) is 14.5. The molecule has 0 bridgehead atoms. The van der Waals surface area contributed by atoms with Gasteiger partial charge in [0.1, 0.15) is 0 Å². The lowest BCUT2D eigenvalue weighted by atomic mass is 9.95. The minimum atomic E-state index is -0.119. The van der Waals surface area contributed by atoms with Gasteiger partial charge in [-0.1, -0.05) is 0 Å². The fourth-order valence-electron chi connectivity index (χ4n) is 2.25. The van der Waals surface area contributed by atoms with Gasteiger partial charge in [-0.2, -0.15) is 5.10 Å². The van der Waals surface area contributed by atoms with Crippen molar-refractivity contribution in [2.24, 2.45) is 0 Å². The molecule has 19 heavy (non-hydrogen) atoms. The largest absolute Gasteiger partial charge is 0.379 e. The van der Waals surface area contributed by atoms with E-state index in [9.17, 15) is 0 Å². The fourth-order valence-corrected chi connectivity index (χ4v) is 2.70. The topological polar surface area (TPSA) is 39.1 Å². The van der Waals surface area contributed by atoms with E-state index >= 15 is 0 Å². The van der Waals surface area contributed by atoms with Gasteiger partial charge in [0.2, 0.25) is 0 Å². The molecule has 1 heterocycles. The Balaban J connectivity index is 2.87. The lowest BCUT2D eigenvalue weighted by Gasteiger charge is -2.28. The summed E-state index contributed by atoms with van der Waals surface area (Å²) in [6.45, 7) is 9.29. The highest BCUT2D eigenvalue weighted by Gasteiger charge is 2.24. The average Bonchev–Trinajstić information content (AvgIpc) is 2.65.